The fraction of sp³-hybridized carbons (Fsp3) is 0.0769. The molecule has 5 nitrogen and oxygen atoms in total. The van der Waals surface area contributed by atoms with Gasteiger partial charge < -0.3 is 14.8 Å². The fourth-order valence-corrected chi connectivity index (χ4v) is 1.93. The van der Waals surface area contributed by atoms with Gasteiger partial charge in [0.05, 0.1) is 5.56 Å². The number of benzene rings is 1. The number of halogens is 1. The zero-order valence-corrected chi connectivity index (χ0v) is 10.5. The molecule has 2 aromatic rings. The molecule has 1 aliphatic rings. The molecule has 0 saturated heterocycles. The zero-order valence-electron chi connectivity index (χ0n) is 9.72. The van der Waals surface area contributed by atoms with Crippen LogP contribution in [-0.4, -0.2) is 17.7 Å². The van der Waals surface area contributed by atoms with Gasteiger partial charge in [-0.25, -0.2) is 4.98 Å². The van der Waals surface area contributed by atoms with E-state index in [0.29, 0.717) is 22.7 Å². The molecule has 1 amide bonds. The van der Waals surface area contributed by atoms with Gasteiger partial charge in [-0.05, 0) is 24.3 Å². The lowest BCUT2D eigenvalue weighted by Crippen LogP contribution is -2.12. The van der Waals surface area contributed by atoms with Crippen molar-refractivity contribution < 1.29 is 14.3 Å². The number of hydrogen-bond donors (Lipinski definition) is 1. The average Bonchev–Trinajstić information content (AvgIpc) is 2.86. The summed E-state index contributed by atoms with van der Waals surface area (Å²) >= 11 is 5.86. The van der Waals surface area contributed by atoms with E-state index in [2.05, 4.69) is 10.3 Å². The van der Waals surface area contributed by atoms with Gasteiger partial charge in [0.25, 0.3) is 5.91 Å². The highest BCUT2D eigenvalue weighted by Gasteiger charge is 2.15. The van der Waals surface area contributed by atoms with E-state index in [0.717, 1.165) is 0 Å². The van der Waals surface area contributed by atoms with Crippen molar-refractivity contribution in [1.29, 1.82) is 0 Å². The first-order valence-electron chi connectivity index (χ1n) is 5.55. The third-order valence-electron chi connectivity index (χ3n) is 2.63. The van der Waals surface area contributed by atoms with E-state index in [1.165, 1.54) is 6.20 Å². The van der Waals surface area contributed by atoms with E-state index in [4.69, 9.17) is 21.1 Å². The minimum atomic E-state index is -0.322. The van der Waals surface area contributed by atoms with Gasteiger partial charge in [0, 0.05) is 18.0 Å². The summed E-state index contributed by atoms with van der Waals surface area (Å²) in [5, 5.41) is 2.90. The second-order valence-electron chi connectivity index (χ2n) is 3.86. The van der Waals surface area contributed by atoms with Crippen molar-refractivity contribution in [1.82, 2.24) is 4.98 Å². The van der Waals surface area contributed by atoms with Crippen LogP contribution in [0.1, 0.15) is 10.4 Å². The summed E-state index contributed by atoms with van der Waals surface area (Å²) < 4.78 is 10.4. The van der Waals surface area contributed by atoms with Crippen LogP contribution in [0.25, 0.3) is 0 Å². The summed E-state index contributed by atoms with van der Waals surface area (Å²) in [6, 6.07) is 8.43. The van der Waals surface area contributed by atoms with Crippen molar-refractivity contribution in [3.05, 3.63) is 47.2 Å². The summed E-state index contributed by atoms with van der Waals surface area (Å²) in [5.74, 6) is 0.949. The van der Waals surface area contributed by atoms with Crippen LogP contribution in [0.15, 0.2) is 36.5 Å². The molecule has 0 fully saturated rings. The topological polar surface area (TPSA) is 60.5 Å². The number of pyridine rings is 1. The Morgan fingerprint density at radius 1 is 1.26 bits per heavy atom. The summed E-state index contributed by atoms with van der Waals surface area (Å²) in [5.41, 5.74) is 0.927. The van der Waals surface area contributed by atoms with Gasteiger partial charge in [0.2, 0.25) is 6.79 Å². The van der Waals surface area contributed by atoms with Gasteiger partial charge in [0.1, 0.15) is 5.15 Å². The van der Waals surface area contributed by atoms with Crippen LogP contribution in [0.5, 0.6) is 11.5 Å². The highest BCUT2D eigenvalue weighted by atomic mass is 35.5. The van der Waals surface area contributed by atoms with E-state index < -0.39 is 0 Å². The lowest BCUT2D eigenvalue weighted by Gasteiger charge is -2.06. The van der Waals surface area contributed by atoms with Crippen molar-refractivity contribution >= 4 is 23.2 Å². The molecule has 1 aromatic heterocycles. The van der Waals surface area contributed by atoms with Crippen molar-refractivity contribution in [2.75, 3.05) is 12.1 Å². The molecule has 6 heteroatoms. The Morgan fingerprint density at radius 3 is 2.95 bits per heavy atom. The fourth-order valence-electron chi connectivity index (χ4n) is 1.73. The monoisotopic (exact) mass is 276 g/mol. The molecule has 96 valence electrons. The first kappa shape index (κ1) is 11.8. The molecule has 1 N–H and O–H groups in total. The minimum Gasteiger partial charge on any atom is -0.454 e. The molecule has 0 saturated carbocycles. The Balaban J connectivity index is 1.82. The maximum atomic E-state index is 12.0. The van der Waals surface area contributed by atoms with Crippen molar-refractivity contribution in [2.45, 2.75) is 0 Å². The molecule has 1 aliphatic heterocycles. The predicted molar refractivity (Wildman–Crippen MR) is 69.8 cm³/mol. The first-order valence-corrected chi connectivity index (χ1v) is 5.93. The van der Waals surface area contributed by atoms with Crippen molar-refractivity contribution in [3.8, 4) is 11.5 Å². The van der Waals surface area contributed by atoms with Crippen molar-refractivity contribution in [2.24, 2.45) is 0 Å². The van der Waals surface area contributed by atoms with Crippen LogP contribution in [0, 0.1) is 0 Å². The quantitative estimate of drug-likeness (QED) is 0.857. The molecule has 0 unspecified atom stereocenters. The molecular weight excluding hydrogens is 268 g/mol. The number of aromatic nitrogens is 1. The lowest BCUT2D eigenvalue weighted by molar-refractivity contribution is 0.102. The van der Waals surface area contributed by atoms with Gasteiger partial charge in [-0.15, -0.1) is 0 Å². The number of carbonyl (C=O) groups is 1. The van der Waals surface area contributed by atoms with E-state index in [-0.39, 0.29) is 17.9 Å². The van der Waals surface area contributed by atoms with Crippen molar-refractivity contribution in [3.63, 3.8) is 0 Å². The molecule has 2 heterocycles. The largest absolute Gasteiger partial charge is 0.454 e. The molecule has 0 aliphatic carbocycles. The summed E-state index contributed by atoms with van der Waals surface area (Å²) in [6.45, 7) is 0.196. The smallest absolute Gasteiger partial charge is 0.258 e. The second kappa shape index (κ2) is 4.78. The highest BCUT2D eigenvalue weighted by molar-refractivity contribution is 6.33. The zero-order chi connectivity index (χ0) is 13.2. The Hall–Kier alpha value is -2.27. The van der Waals surface area contributed by atoms with Gasteiger partial charge in [-0.1, -0.05) is 11.6 Å². The molecule has 3 rings (SSSR count). The van der Waals surface area contributed by atoms with Gasteiger partial charge in [-0.2, -0.15) is 0 Å². The van der Waals surface area contributed by atoms with Crippen LogP contribution in [0.4, 0.5) is 5.69 Å². The maximum absolute atomic E-state index is 12.0. The normalized spacial score (nSPS) is 12.3. The van der Waals surface area contributed by atoms with E-state index in [9.17, 15) is 4.79 Å². The number of nitrogens with one attached hydrogen (secondary N) is 1. The Labute approximate surface area is 114 Å². The Morgan fingerprint density at radius 2 is 2.11 bits per heavy atom. The minimum absolute atomic E-state index is 0.167. The van der Waals surface area contributed by atoms with Gasteiger partial charge >= 0.3 is 0 Å². The number of amides is 1. The molecular formula is C13H9ClN2O3. The number of ether oxygens (including phenoxy) is 2. The molecule has 0 radical (unpaired) electrons. The standard InChI is InChI=1S/C13H9ClN2O3/c14-12-9(2-1-5-15-12)13(17)16-8-3-4-10-11(6-8)19-7-18-10/h1-6H,7H2,(H,16,17). The van der Waals surface area contributed by atoms with Crippen LogP contribution >= 0.6 is 11.6 Å². The number of carbonyl (C=O) groups excluding carboxylic acids is 1. The third-order valence-corrected chi connectivity index (χ3v) is 2.94. The highest BCUT2D eigenvalue weighted by Crippen LogP contribution is 2.34. The first-order chi connectivity index (χ1) is 9.24. The average molecular weight is 277 g/mol. The Kier molecular flexibility index (Phi) is 2.97. The number of anilines is 1. The van der Waals surface area contributed by atoms with Crippen LogP contribution < -0.4 is 14.8 Å². The number of hydrogen-bond acceptors (Lipinski definition) is 4. The van der Waals surface area contributed by atoms with E-state index in [1.807, 2.05) is 0 Å². The third kappa shape index (κ3) is 2.32. The SMILES string of the molecule is O=C(Nc1ccc2c(c1)OCO2)c1cccnc1Cl. The Bertz CT molecular complexity index is 646. The molecule has 0 bridgehead atoms. The van der Waals surface area contributed by atoms with Crippen LogP contribution in [0.3, 0.4) is 0 Å². The number of fused-ring (bicyclic) bond motifs is 1. The molecule has 0 spiro atoms. The van der Waals surface area contributed by atoms with E-state index >= 15 is 0 Å². The van der Waals surface area contributed by atoms with Crippen LogP contribution in [0.2, 0.25) is 5.15 Å². The maximum Gasteiger partial charge on any atom is 0.258 e. The van der Waals surface area contributed by atoms with Gasteiger partial charge in [-0.3, -0.25) is 4.79 Å². The number of nitrogens with zero attached hydrogens (tertiary/aromatic N) is 1. The molecule has 1 aromatic carbocycles. The summed E-state index contributed by atoms with van der Waals surface area (Å²) in [4.78, 5) is 15.9. The second-order valence-corrected chi connectivity index (χ2v) is 4.22. The van der Waals surface area contributed by atoms with E-state index in [1.54, 1.807) is 30.3 Å². The summed E-state index contributed by atoms with van der Waals surface area (Å²) in [7, 11) is 0. The van der Waals surface area contributed by atoms with Crippen LogP contribution in [-0.2, 0) is 0 Å². The lowest BCUT2D eigenvalue weighted by atomic mass is 10.2. The number of rotatable bonds is 2. The van der Waals surface area contributed by atoms with Gasteiger partial charge in [0.15, 0.2) is 11.5 Å². The molecule has 19 heavy (non-hydrogen) atoms. The predicted octanol–water partition coefficient (Wildman–Crippen LogP) is 2.72. The summed E-state index contributed by atoms with van der Waals surface area (Å²) in [6.07, 6.45) is 1.53. The molecule has 0 atom stereocenters.